The summed E-state index contributed by atoms with van der Waals surface area (Å²) < 4.78 is 27.2. The lowest BCUT2D eigenvalue weighted by Gasteiger charge is -2.32. The van der Waals surface area contributed by atoms with Gasteiger partial charge in [-0.25, -0.2) is 0 Å². The summed E-state index contributed by atoms with van der Waals surface area (Å²) in [4.78, 5) is 25.3. The van der Waals surface area contributed by atoms with Crippen LogP contribution in [0.4, 0.5) is 5.69 Å². The van der Waals surface area contributed by atoms with Crippen LogP contribution in [0.25, 0.3) is 0 Å². The number of hydrogen-bond acceptors (Lipinski definition) is 4. The van der Waals surface area contributed by atoms with Gasteiger partial charge in [0.25, 0.3) is 16.1 Å². The fraction of sp³-hybridized carbons (Fsp3) is 0.579. The molecule has 2 rings (SSSR count). The van der Waals surface area contributed by atoms with Crippen molar-refractivity contribution in [3.63, 3.8) is 0 Å². The summed E-state index contributed by atoms with van der Waals surface area (Å²) in [6.45, 7) is 4.43. The third kappa shape index (κ3) is 5.30. The van der Waals surface area contributed by atoms with Crippen LogP contribution in [0, 0.1) is 5.92 Å². The Morgan fingerprint density at radius 3 is 2.61 bits per heavy atom. The van der Waals surface area contributed by atoms with Crippen molar-refractivity contribution in [3.05, 3.63) is 29.8 Å². The fourth-order valence-corrected chi connectivity index (χ4v) is 4.22. The first kappa shape index (κ1) is 22.3. The van der Waals surface area contributed by atoms with Gasteiger partial charge in [0.1, 0.15) is 0 Å². The Bertz CT molecular complexity index is 810. The molecule has 28 heavy (non-hydrogen) atoms. The number of rotatable bonds is 7. The first-order chi connectivity index (χ1) is 13.2. The molecule has 1 aliphatic rings. The van der Waals surface area contributed by atoms with Crippen molar-refractivity contribution in [1.82, 2.24) is 13.9 Å². The maximum absolute atomic E-state index is 12.8. The van der Waals surface area contributed by atoms with Gasteiger partial charge in [-0.05, 0) is 38.3 Å². The molecule has 8 nitrogen and oxygen atoms in total. The minimum absolute atomic E-state index is 0.0272. The van der Waals surface area contributed by atoms with Crippen LogP contribution in [0.3, 0.4) is 0 Å². The Morgan fingerprint density at radius 2 is 1.96 bits per heavy atom. The van der Waals surface area contributed by atoms with Crippen LogP contribution in [-0.4, -0.2) is 62.1 Å². The lowest BCUT2D eigenvalue weighted by atomic mass is 9.98. The molecule has 2 amide bonds. The molecule has 1 aromatic carbocycles. The van der Waals surface area contributed by atoms with Crippen LogP contribution in [0.1, 0.15) is 43.5 Å². The molecular weight excluding hydrogens is 380 g/mol. The summed E-state index contributed by atoms with van der Waals surface area (Å²) in [5, 5.41) is 5.71. The van der Waals surface area contributed by atoms with Crippen molar-refractivity contribution < 1.29 is 18.0 Å². The van der Waals surface area contributed by atoms with Gasteiger partial charge in [-0.2, -0.15) is 17.0 Å². The first-order valence-corrected chi connectivity index (χ1v) is 10.9. The van der Waals surface area contributed by atoms with Gasteiger partial charge < -0.3 is 10.6 Å². The number of para-hydroxylation sites is 1. The topological polar surface area (TPSA) is 98.8 Å². The van der Waals surface area contributed by atoms with Crippen molar-refractivity contribution in [3.8, 4) is 0 Å². The van der Waals surface area contributed by atoms with E-state index in [-0.39, 0.29) is 24.4 Å². The predicted octanol–water partition coefficient (Wildman–Crippen LogP) is 1.67. The Hall–Kier alpha value is -1.97. The van der Waals surface area contributed by atoms with E-state index >= 15 is 0 Å². The zero-order valence-electron chi connectivity index (χ0n) is 16.9. The second-order valence-electron chi connectivity index (χ2n) is 7.30. The standard InChI is InChI=1S/C19H30N4O4S/c1-5-14(2)20-19(25)16-10-6-7-11-17(16)21-18(24)15-9-8-12-23(13-15)28(26,27)22(3)4/h6-7,10-11,14-15H,5,8-9,12-13H2,1-4H3,(H,20,25)(H,21,24)/t14-,15+/m0/s1. The first-order valence-electron chi connectivity index (χ1n) is 9.55. The number of amides is 2. The molecule has 2 atom stereocenters. The highest BCUT2D eigenvalue weighted by atomic mass is 32.2. The molecule has 0 bridgehead atoms. The van der Waals surface area contributed by atoms with Gasteiger partial charge in [-0.3, -0.25) is 9.59 Å². The van der Waals surface area contributed by atoms with Gasteiger partial charge in [0.2, 0.25) is 5.91 Å². The van der Waals surface area contributed by atoms with Crippen LogP contribution in [0.5, 0.6) is 0 Å². The number of piperidine rings is 1. The average Bonchev–Trinajstić information content (AvgIpc) is 2.68. The molecule has 1 aliphatic heterocycles. The molecule has 2 N–H and O–H groups in total. The molecule has 156 valence electrons. The highest BCUT2D eigenvalue weighted by molar-refractivity contribution is 7.86. The average molecular weight is 411 g/mol. The van der Waals surface area contributed by atoms with E-state index in [2.05, 4.69) is 10.6 Å². The molecule has 1 aromatic rings. The van der Waals surface area contributed by atoms with Gasteiger partial charge in [0.15, 0.2) is 0 Å². The number of nitrogens with zero attached hydrogens (tertiary/aromatic N) is 2. The number of benzene rings is 1. The van der Waals surface area contributed by atoms with Crippen LogP contribution < -0.4 is 10.6 Å². The predicted molar refractivity (Wildman–Crippen MR) is 109 cm³/mol. The third-order valence-electron chi connectivity index (χ3n) is 4.96. The molecule has 1 heterocycles. The second-order valence-corrected chi connectivity index (χ2v) is 9.45. The minimum atomic E-state index is -3.55. The van der Waals surface area contributed by atoms with E-state index < -0.39 is 16.1 Å². The summed E-state index contributed by atoms with van der Waals surface area (Å²) in [6, 6.07) is 6.86. The molecule has 0 aliphatic carbocycles. The zero-order chi connectivity index (χ0) is 20.9. The van der Waals surface area contributed by atoms with Crippen molar-refractivity contribution in [2.24, 2.45) is 5.92 Å². The number of carbonyl (C=O) groups excluding carboxylic acids is 2. The summed E-state index contributed by atoms with van der Waals surface area (Å²) in [6.07, 6.45) is 2.02. The van der Waals surface area contributed by atoms with Crippen LogP contribution >= 0.6 is 0 Å². The second kappa shape index (κ2) is 9.49. The highest BCUT2D eigenvalue weighted by Gasteiger charge is 2.33. The number of nitrogens with one attached hydrogen (secondary N) is 2. The molecule has 1 fully saturated rings. The fourth-order valence-electron chi connectivity index (χ4n) is 3.03. The highest BCUT2D eigenvalue weighted by Crippen LogP contribution is 2.23. The lowest BCUT2D eigenvalue weighted by molar-refractivity contribution is -0.120. The SMILES string of the molecule is CC[C@H](C)NC(=O)c1ccccc1NC(=O)[C@@H]1CCCN(S(=O)(=O)N(C)C)C1. The number of carbonyl (C=O) groups is 2. The Kier molecular flexibility index (Phi) is 7.56. The Balaban J connectivity index is 2.12. The maximum Gasteiger partial charge on any atom is 0.281 e. The molecule has 0 unspecified atom stereocenters. The number of hydrogen-bond donors (Lipinski definition) is 2. The molecule has 0 aromatic heterocycles. The van der Waals surface area contributed by atoms with Gasteiger partial charge in [0.05, 0.1) is 17.2 Å². The number of anilines is 1. The van der Waals surface area contributed by atoms with E-state index in [0.717, 1.165) is 10.7 Å². The quantitative estimate of drug-likeness (QED) is 0.714. The summed E-state index contributed by atoms with van der Waals surface area (Å²) >= 11 is 0. The summed E-state index contributed by atoms with van der Waals surface area (Å²) in [5.74, 6) is -0.984. The monoisotopic (exact) mass is 410 g/mol. The molecular formula is C19H30N4O4S. The third-order valence-corrected chi connectivity index (χ3v) is 6.87. The lowest BCUT2D eigenvalue weighted by Crippen LogP contribution is -2.47. The molecule has 9 heteroatoms. The van der Waals surface area contributed by atoms with Crippen LogP contribution in [-0.2, 0) is 15.0 Å². The van der Waals surface area contributed by atoms with Gasteiger partial charge in [0, 0.05) is 33.2 Å². The molecule has 1 saturated heterocycles. The van der Waals surface area contributed by atoms with Crippen molar-refractivity contribution in [2.45, 2.75) is 39.2 Å². The van der Waals surface area contributed by atoms with E-state index in [9.17, 15) is 18.0 Å². The maximum atomic E-state index is 12.8. The van der Waals surface area contributed by atoms with Gasteiger partial charge >= 0.3 is 0 Å². The van der Waals surface area contributed by atoms with E-state index in [1.54, 1.807) is 24.3 Å². The van der Waals surface area contributed by atoms with Crippen LogP contribution in [0.15, 0.2) is 24.3 Å². The van der Waals surface area contributed by atoms with E-state index in [4.69, 9.17) is 0 Å². The van der Waals surface area contributed by atoms with Gasteiger partial charge in [-0.1, -0.05) is 19.1 Å². The van der Waals surface area contributed by atoms with Crippen molar-refractivity contribution >= 4 is 27.7 Å². The van der Waals surface area contributed by atoms with Crippen molar-refractivity contribution in [1.29, 1.82) is 0 Å². The molecule has 0 saturated carbocycles. The largest absolute Gasteiger partial charge is 0.350 e. The van der Waals surface area contributed by atoms with E-state index in [1.807, 2.05) is 13.8 Å². The Labute approximate surface area is 167 Å². The molecule has 0 radical (unpaired) electrons. The summed E-state index contributed by atoms with van der Waals surface area (Å²) in [7, 11) is -0.600. The smallest absolute Gasteiger partial charge is 0.281 e. The minimum Gasteiger partial charge on any atom is -0.350 e. The normalized spacial score (nSPS) is 19.2. The van der Waals surface area contributed by atoms with Gasteiger partial charge in [-0.15, -0.1) is 0 Å². The summed E-state index contributed by atoms with van der Waals surface area (Å²) in [5.41, 5.74) is 0.825. The van der Waals surface area contributed by atoms with Crippen LogP contribution in [0.2, 0.25) is 0 Å². The Morgan fingerprint density at radius 1 is 1.29 bits per heavy atom. The van der Waals surface area contributed by atoms with Crippen molar-refractivity contribution in [2.75, 3.05) is 32.5 Å². The molecule has 0 spiro atoms. The van der Waals surface area contributed by atoms with E-state index in [1.165, 1.54) is 18.4 Å². The van der Waals surface area contributed by atoms with E-state index in [0.29, 0.717) is 30.6 Å². The zero-order valence-corrected chi connectivity index (χ0v) is 17.8.